The molecule has 0 amide bonds. The number of hydrogen-bond donors (Lipinski definition) is 3. The highest BCUT2D eigenvalue weighted by molar-refractivity contribution is 6.33. The molecule has 1 aromatic heterocycles. The maximum absolute atomic E-state index is 12.8. The first kappa shape index (κ1) is 23.5. The molecule has 0 radical (unpaired) electrons. The molecule has 10 heteroatoms. The molecule has 2 heterocycles. The summed E-state index contributed by atoms with van der Waals surface area (Å²) in [6.07, 6.45) is -2.08. The molecule has 1 fully saturated rings. The summed E-state index contributed by atoms with van der Waals surface area (Å²) < 4.78 is 38.4. The molecule has 1 saturated heterocycles. The molecule has 3 N–H and O–H groups in total. The summed E-state index contributed by atoms with van der Waals surface area (Å²) >= 11 is 6.07. The Balaban J connectivity index is 2.04. The van der Waals surface area contributed by atoms with Crippen molar-refractivity contribution in [3.8, 4) is 0 Å². The number of aliphatic imine (C=N–C) groups is 1. The Bertz CT molecular complexity index is 710. The zero-order valence-corrected chi connectivity index (χ0v) is 17.7. The van der Waals surface area contributed by atoms with Gasteiger partial charge in [-0.05, 0) is 25.8 Å². The average Bonchev–Trinajstić information content (AvgIpc) is 3.13. The van der Waals surface area contributed by atoms with Crippen LogP contribution in [-0.2, 0) is 6.18 Å². The van der Waals surface area contributed by atoms with Crippen molar-refractivity contribution in [2.45, 2.75) is 45.8 Å². The van der Waals surface area contributed by atoms with E-state index in [9.17, 15) is 18.3 Å². The molecule has 6 nitrogen and oxygen atoms in total. The average molecular weight is 436 g/mol. The normalized spacial score (nSPS) is 19.9. The highest BCUT2D eigenvalue weighted by Gasteiger charge is 2.33. The fourth-order valence-corrected chi connectivity index (χ4v) is 3.23. The Morgan fingerprint density at radius 1 is 1.41 bits per heavy atom. The highest BCUT2D eigenvalue weighted by atomic mass is 35.5. The van der Waals surface area contributed by atoms with Crippen LogP contribution in [0.15, 0.2) is 17.3 Å². The highest BCUT2D eigenvalue weighted by Crippen LogP contribution is 2.34. The summed E-state index contributed by atoms with van der Waals surface area (Å²) in [6, 6.07) is 0.964. The van der Waals surface area contributed by atoms with Gasteiger partial charge in [0.25, 0.3) is 0 Å². The van der Waals surface area contributed by atoms with Gasteiger partial charge in [0.05, 0.1) is 23.7 Å². The van der Waals surface area contributed by atoms with Gasteiger partial charge < -0.3 is 20.6 Å². The zero-order valence-electron chi connectivity index (χ0n) is 17.0. The second-order valence-corrected chi connectivity index (χ2v) is 8.03. The summed E-state index contributed by atoms with van der Waals surface area (Å²) in [7, 11) is 0. The molecule has 1 aliphatic rings. The second kappa shape index (κ2) is 9.84. The maximum Gasteiger partial charge on any atom is 0.417 e. The van der Waals surface area contributed by atoms with Crippen LogP contribution in [0.3, 0.4) is 0 Å². The summed E-state index contributed by atoms with van der Waals surface area (Å²) in [5, 5.41) is 16.1. The van der Waals surface area contributed by atoms with E-state index in [1.807, 2.05) is 25.7 Å². The number of rotatable bonds is 7. The monoisotopic (exact) mass is 435 g/mol. The van der Waals surface area contributed by atoms with Crippen LogP contribution in [0.2, 0.25) is 5.02 Å². The number of hydrogen-bond acceptors (Lipinski definition) is 4. The van der Waals surface area contributed by atoms with Crippen LogP contribution in [0, 0.1) is 5.41 Å². The Labute approximate surface area is 174 Å². The molecule has 29 heavy (non-hydrogen) atoms. The molecule has 0 saturated carbocycles. The number of aliphatic hydroxyl groups excluding tert-OH is 1. The third-order valence-electron chi connectivity index (χ3n) is 5.18. The lowest BCUT2D eigenvalue weighted by Gasteiger charge is -2.25. The number of aliphatic hydroxyl groups is 1. The van der Waals surface area contributed by atoms with E-state index in [1.54, 1.807) is 0 Å². The molecule has 0 spiro atoms. The van der Waals surface area contributed by atoms with Gasteiger partial charge >= 0.3 is 6.18 Å². The third-order valence-corrected chi connectivity index (χ3v) is 5.45. The minimum Gasteiger partial charge on any atom is -0.396 e. The van der Waals surface area contributed by atoms with Crippen molar-refractivity contribution in [1.29, 1.82) is 0 Å². The Hall–Kier alpha value is -1.74. The number of aromatic nitrogens is 1. The van der Waals surface area contributed by atoms with Gasteiger partial charge in [-0.2, -0.15) is 13.2 Å². The number of nitrogens with one attached hydrogen (secondary N) is 2. The minimum atomic E-state index is -4.47. The lowest BCUT2D eigenvalue weighted by atomic mass is 9.89. The first-order valence-electron chi connectivity index (χ1n) is 9.75. The first-order chi connectivity index (χ1) is 13.6. The molecule has 0 aromatic carbocycles. The van der Waals surface area contributed by atoms with Gasteiger partial charge in [0, 0.05) is 37.3 Å². The molecule has 2 unspecified atom stereocenters. The molecule has 2 rings (SSSR count). The molecule has 1 aliphatic heterocycles. The number of anilines is 1. The smallest absolute Gasteiger partial charge is 0.396 e. The largest absolute Gasteiger partial charge is 0.417 e. The summed E-state index contributed by atoms with van der Waals surface area (Å²) in [6.45, 7) is 8.37. The third kappa shape index (κ3) is 6.37. The topological polar surface area (TPSA) is 72.8 Å². The van der Waals surface area contributed by atoms with E-state index in [-0.39, 0.29) is 23.1 Å². The standard InChI is InChI=1S/C19H29ClF3N5O/c1-4-18(3,12-29)11-26-17(24-5-2)27-14-6-7-28(10-14)16-15(20)8-13(9-25-16)19(21,22)23/h8-9,14,29H,4-7,10-12H2,1-3H3,(H2,24,26,27). The minimum absolute atomic E-state index is 0.0114. The van der Waals surface area contributed by atoms with Gasteiger partial charge in [0.2, 0.25) is 0 Å². The number of alkyl halides is 3. The van der Waals surface area contributed by atoms with Crippen LogP contribution < -0.4 is 15.5 Å². The van der Waals surface area contributed by atoms with E-state index in [0.717, 1.165) is 25.1 Å². The van der Waals surface area contributed by atoms with E-state index >= 15 is 0 Å². The molecule has 0 bridgehead atoms. The van der Waals surface area contributed by atoms with Gasteiger partial charge in [-0.15, -0.1) is 0 Å². The van der Waals surface area contributed by atoms with E-state index in [4.69, 9.17) is 11.6 Å². The number of guanidine groups is 1. The summed E-state index contributed by atoms with van der Waals surface area (Å²) in [5.41, 5.74) is -1.13. The molecular formula is C19H29ClF3N5O. The van der Waals surface area contributed by atoms with Crippen molar-refractivity contribution in [2.24, 2.45) is 10.4 Å². The van der Waals surface area contributed by atoms with Crippen molar-refractivity contribution >= 4 is 23.4 Å². The van der Waals surface area contributed by atoms with Crippen LogP contribution in [-0.4, -0.2) is 54.9 Å². The van der Waals surface area contributed by atoms with Crippen LogP contribution in [0.25, 0.3) is 0 Å². The first-order valence-corrected chi connectivity index (χ1v) is 10.1. The van der Waals surface area contributed by atoms with Gasteiger partial charge in [0.1, 0.15) is 5.82 Å². The number of nitrogens with zero attached hydrogens (tertiary/aromatic N) is 3. The molecule has 1 aromatic rings. The van der Waals surface area contributed by atoms with Gasteiger partial charge in [-0.1, -0.05) is 25.4 Å². The zero-order chi connectivity index (χ0) is 21.7. The maximum atomic E-state index is 12.8. The summed E-state index contributed by atoms with van der Waals surface area (Å²) in [5.74, 6) is 1.00. The quantitative estimate of drug-likeness (QED) is 0.452. The van der Waals surface area contributed by atoms with Crippen molar-refractivity contribution in [3.05, 3.63) is 22.8 Å². The Morgan fingerprint density at radius 3 is 2.69 bits per heavy atom. The van der Waals surface area contributed by atoms with E-state index in [0.29, 0.717) is 38.0 Å². The van der Waals surface area contributed by atoms with Gasteiger partial charge in [-0.3, -0.25) is 4.99 Å². The van der Waals surface area contributed by atoms with Crippen LogP contribution in [0.1, 0.15) is 39.2 Å². The Kier molecular flexibility index (Phi) is 7.99. The van der Waals surface area contributed by atoms with E-state index < -0.39 is 11.7 Å². The van der Waals surface area contributed by atoms with Gasteiger partial charge in [0.15, 0.2) is 5.96 Å². The fraction of sp³-hybridized carbons (Fsp3) is 0.684. The number of pyridine rings is 1. The predicted octanol–water partition coefficient (Wildman–Crippen LogP) is 3.30. The van der Waals surface area contributed by atoms with Crippen molar-refractivity contribution in [3.63, 3.8) is 0 Å². The SMILES string of the molecule is CCNC(=NCC(C)(CC)CO)NC1CCN(c2ncc(C(F)(F)F)cc2Cl)C1. The van der Waals surface area contributed by atoms with E-state index in [2.05, 4.69) is 20.6 Å². The van der Waals surface area contributed by atoms with Gasteiger partial charge in [-0.25, -0.2) is 4.98 Å². The predicted molar refractivity (Wildman–Crippen MR) is 109 cm³/mol. The van der Waals surface area contributed by atoms with Crippen LogP contribution in [0.4, 0.5) is 19.0 Å². The van der Waals surface area contributed by atoms with Crippen molar-refractivity contribution < 1.29 is 18.3 Å². The van der Waals surface area contributed by atoms with Crippen molar-refractivity contribution in [1.82, 2.24) is 15.6 Å². The van der Waals surface area contributed by atoms with Crippen LogP contribution in [0.5, 0.6) is 0 Å². The molecule has 2 atom stereocenters. The van der Waals surface area contributed by atoms with Crippen molar-refractivity contribution in [2.75, 3.05) is 37.7 Å². The second-order valence-electron chi connectivity index (χ2n) is 7.62. The summed E-state index contributed by atoms with van der Waals surface area (Å²) in [4.78, 5) is 10.4. The molecule has 0 aliphatic carbocycles. The molecule has 164 valence electrons. The number of halogens is 4. The van der Waals surface area contributed by atoms with E-state index in [1.165, 1.54) is 0 Å². The molecular weight excluding hydrogens is 407 g/mol. The Morgan fingerprint density at radius 2 is 2.14 bits per heavy atom. The van der Waals surface area contributed by atoms with Crippen LogP contribution >= 0.6 is 11.6 Å². The fourth-order valence-electron chi connectivity index (χ4n) is 2.95. The lowest BCUT2D eigenvalue weighted by Crippen LogP contribution is -2.45. The lowest BCUT2D eigenvalue weighted by molar-refractivity contribution is -0.137.